The predicted molar refractivity (Wildman–Crippen MR) is 108 cm³/mol. The molecule has 158 valence electrons. The molecular weight excluding hydrogens is 344 g/mol. The van der Waals surface area contributed by atoms with Crippen LogP contribution in [0.25, 0.3) is 0 Å². The Hall–Kier alpha value is -1.14. The number of hydrogen-bond donors (Lipinski definition) is 0. The van der Waals surface area contributed by atoms with Gasteiger partial charge >= 0.3 is 11.9 Å². The molecule has 0 aromatic rings. The average Bonchev–Trinajstić information content (AvgIpc) is 2.57. The fourth-order valence-electron chi connectivity index (χ4n) is 2.76. The van der Waals surface area contributed by atoms with Gasteiger partial charge in [0.2, 0.25) is 0 Å². The van der Waals surface area contributed by atoms with Crippen molar-refractivity contribution in [2.45, 2.75) is 60.3 Å². The van der Waals surface area contributed by atoms with Gasteiger partial charge in [0.15, 0.2) is 0 Å². The number of esters is 2. The number of nitrogens with zero attached hydrogens (tertiary/aromatic N) is 2. The Morgan fingerprint density at radius 3 is 1.70 bits per heavy atom. The van der Waals surface area contributed by atoms with Gasteiger partial charge in [0.25, 0.3) is 0 Å². The number of ether oxygens (including phenoxy) is 2. The Bertz CT molecular complexity index is 438. The summed E-state index contributed by atoms with van der Waals surface area (Å²) < 4.78 is 10.6. The molecule has 0 atom stereocenters. The number of carbonyl (C=O) groups is 2. The van der Waals surface area contributed by atoms with Gasteiger partial charge in [-0.3, -0.25) is 9.59 Å². The summed E-state index contributed by atoms with van der Waals surface area (Å²) in [7, 11) is 0. The quantitative estimate of drug-likeness (QED) is 0.511. The van der Waals surface area contributed by atoms with Crippen molar-refractivity contribution in [2.24, 2.45) is 11.3 Å². The molecule has 0 saturated carbocycles. The largest absolute Gasteiger partial charge is 0.466 e. The van der Waals surface area contributed by atoms with E-state index in [1.54, 1.807) is 0 Å². The zero-order chi connectivity index (χ0) is 20.3. The molecule has 0 aliphatic carbocycles. The van der Waals surface area contributed by atoms with Crippen LogP contribution in [0.2, 0.25) is 0 Å². The van der Waals surface area contributed by atoms with Crippen molar-refractivity contribution in [1.29, 1.82) is 0 Å². The van der Waals surface area contributed by atoms with Crippen molar-refractivity contribution in [2.75, 3.05) is 52.5 Å². The molecule has 1 aliphatic heterocycles. The molecule has 0 aromatic heterocycles. The fraction of sp³-hybridized carbons (Fsp3) is 0.905. The number of carbonyl (C=O) groups excluding carboxylic acids is 2. The third-order valence-electron chi connectivity index (χ3n) is 4.80. The van der Waals surface area contributed by atoms with Crippen LogP contribution < -0.4 is 0 Å². The Kier molecular flexibility index (Phi) is 10.9. The number of piperazine rings is 1. The number of hydrogen-bond acceptors (Lipinski definition) is 6. The van der Waals surface area contributed by atoms with Crippen molar-refractivity contribution in [1.82, 2.24) is 9.80 Å². The van der Waals surface area contributed by atoms with E-state index < -0.39 is 0 Å². The van der Waals surface area contributed by atoms with Crippen molar-refractivity contribution in [3.8, 4) is 0 Å². The molecule has 0 unspecified atom stereocenters. The summed E-state index contributed by atoms with van der Waals surface area (Å²) >= 11 is 0. The monoisotopic (exact) mass is 384 g/mol. The molecule has 0 aromatic carbocycles. The highest BCUT2D eigenvalue weighted by atomic mass is 16.5. The first-order valence-electron chi connectivity index (χ1n) is 10.4. The van der Waals surface area contributed by atoms with Gasteiger partial charge in [-0.25, -0.2) is 0 Å². The second-order valence-corrected chi connectivity index (χ2v) is 9.12. The van der Waals surface area contributed by atoms with E-state index in [9.17, 15) is 9.59 Å². The molecule has 1 aliphatic rings. The first kappa shape index (κ1) is 23.9. The summed E-state index contributed by atoms with van der Waals surface area (Å²) in [4.78, 5) is 28.2. The smallest absolute Gasteiger partial charge is 0.307 e. The third kappa shape index (κ3) is 12.8. The summed E-state index contributed by atoms with van der Waals surface area (Å²) in [5.41, 5.74) is 0.192. The van der Waals surface area contributed by atoms with Crippen molar-refractivity contribution in [3.05, 3.63) is 0 Å². The van der Waals surface area contributed by atoms with Crippen LogP contribution >= 0.6 is 0 Å². The normalized spacial score (nSPS) is 16.5. The standard InChI is InChI=1S/C21H40N2O4/c1-18(2)8-16-26-19(24)6-10-22-12-14-23(15-13-22)11-7-20(25)27-17-9-21(3,4)5/h18H,6-17H2,1-5H3. The highest BCUT2D eigenvalue weighted by Gasteiger charge is 2.19. The maximum absolute atomic E-state index is 11.8. The van der Waals surface area contributed by atoms with Gasteiger partial charge < -0.3 is 19.3 Å². The van der Waals surface area contributed by atoms with E-state index in [0.29, 0.717) is 32.0 Å². The molecule has 1 fully saturated rings. The molecule has 0 amide bonds. The fourth-order valence-corrected chi connectivity index (χ4v) is 2.76. The van der Waals surface area contributed by atoms with E-state index in [2.05, 4.69) is 44.4 Å². The van der Waals surface area contributed by atoms with Crippen LogP contribution in [-0.2, 0) is 19.1 Å². The van der Waals surface area contributed by atoms with Crippen LogP contribution in [0.3, 0.4) is 0 Å². The van der Waals surface area contributed by atoms with Crippen molar-refractivity contribution >= 4 is 11.9 Å². The molecule has 1 heterocycles. The molecule has 1 saturated heterocycles. The van der Waals surface area contributed by atoms with E-state index >= 15 is 0 Å². The van der Waals surface area contributed by atoms with Crippen molar-refractivity contribution in [3.63, 3.8) is 0 Å². The minimum atomic E-state index is -0.106. The van der Waals surface area contributed by atoms with E-state index in [1.165, 1.54) is 0 Å². The first-order valence-corrected chi connectivity index (χ1v) is 10.4. The van der Waals surface area contributed by atoms with Gasteiger partial charge in [0, 0.05) is 39.3 Å². The highest BCUT2D eigenvalue weighted by molar-refractivity contribution is 5.69. The summed E-state index contributed by atoms with van der Waals surface area (Å²) in [6.07, 6.45) is 2.71. The van der Waals surface area contributed by atoms with Gasteiger partial charge in [0.05, 0.1) is 26.1 Å². The second kappa shape index (κ2) is 12.3. The molecule has 6 heteroatoms. The van der Waals surface area contributed by atoms with Crippen molar-refractivity contribution < 1.29 is 19.1 Å². The summed E-state index contributed by atoms with van der Waals surface area (Å²) in [5.74, 6) is 0.351. The molecule has 27 heavy (non-hydrogen) atoms. The SMILES string of the molecule is CC(C)CCOC(=O)CCN1CCN(CCC(=O)OCCC(C)(C)C)CC1. The lowest BCUT2D eigenvalue weighted by atomic mass is 9.93. The zero-order valence-electron chi connectivity index (χ0n) is 18.1. The zero-order valence-corrected chi connectivity index (χ0v) is 18.1. The molecule has 0 N–H and O–H groups in total. The van der Waals surface area contributed by atoms with E-state index in [-0.39, 0.29) is 17.4 Å². The topological polar surface area (TPSA) is 59.1 Å². The minimum absolute atomic E-state index is 0.101. The van der Waals surface area contributed by atoms with Crippen LogP contribution in [0.1, 0.15) is 60.3 Å². The Balaban J connectivity index is 2.07. The van der Waals surface area contributed by atoms with Crippen LogP contribution in [0, 0.1) is 11.3 Å². The lowest BCUT2D eigenvalue weighted by molar-refractivity contribution is -0.145. The highest BCUT2D eigenvalue weighted by Crippen LogP contribution is 2.18. The van der Waals surface area contributed by atoms with Gasteiger partial charge in [-0.05, 0) is 24.2 Å². The second-order valence-electron chi connectivity index (χ2n) is 9.12. The molecule has 6 nitrogen and oxygen atoms in total. The summed E-state index contributed by atoms with van der Waals surface area (Å²) in [6.45, 7) is 16.9. The first-order chi connectivity index (χ1) is 12.7. The average molecular weight is 385 g/mol. The van der Waals surface area contributed by atoms with Crippen LogP contribution in [0.4, 0.5) is 0 Å². The lowest BCUT2D eigenvalue weighted by Crippen LogP contribution is -2.47. The molecule has 0 spiro atoms. The lowest BCUT2D eigenvalue weighted by Gasteiger charge is -2.34. The predicted octanol–water partition coefficient (Wildman–Crippen LogP) is 2.95. The minimum Gasteiger partial charge on any atom is -0.466 e. The van der Waals surface area contributed by atoms with Crippen LogP contribution in [0.15, 0.2) is 0 Å². The maximum atomic E-state index is 11.8. The van der Waals surface area contributed by atoms with E-state index in [4.69, 9.17) is 9.47 Å². The molecule has 1 rings (SSSR count). The molecular formula is C21H40N2O4. The summed E-state index contributed by atoms with van der Waals surface area (Å²) in [5, 5.41) is 0. The third-order valence-corrected chi connectivity index (χ3v) is 4.80. The van der Waals surface area contributed by atoms with Gasteiger partial charge in [0.1, 0.15) is 0 Å². The molecule has 0 radical (unpaired) electrons. The van der Waals surface area contributed by atoms with E-state index in [1.807, 2.05) is 0 Å². The Morgan fingerprint density at radius 2 is 1.30 bits per heavy atom. The van der Waals surface area contributed by atoms with Gasteiger partial charge in [-0.15, -0.1) is 0 Å². The number of rotatable bonds is 11. The Labute approximate surface area is 165 Å². The van der Waals surface area contributed by atoms with Crippen LogP contribution in [0.5, 0.6) is 0 Å². The summed E-state index contributed by atoms with van der Waals surface area (Å²) in [6, 6.07) is 0. The maximum Gasteiger partial charge on any atom is 0.307 e. The van der Waals surface area contributed by atoms with E-state index in [0.717, 1.165) is 52.1 Å². The van der Waals surface area contributed by atoms with Crippen LogP contribution in [-0.4, -0.2) is 74.2 Å². The van der Waals surface area contributed by atoms with Gasteiger partial charge in [-0.1, -0.05) is 34.6 Å². The molecule has 0 bridgehead atoms. The Morgan fingerprint density at radius 1 is 0.852 bits per heavy atom. The van der Waals surface area contributed by atoms with Gasteiger partial charge in [-0.2, -0.15) is 0 Å².